The molecule has 0 radical (unpaired) electrons. The van der Waals surface area contributed by atoms with Crippen molar-refractivity contribution >= 4 is 17.0 Å². The van der Waals surface area contributed by atoms with Crippen LogP contribution < -0.4 is 0 Å². The van der Waals surface area contributed by atoms with Crippen molar-refractivity contribution < 1.29 is 9.90 Å². The van der Waals surface area contributed by atoms with Crippen molar-refractivity contribution in [3.63, 3.8) is 0 Å². The first kappa shape index (κ1) is 13.4. The summed E-state index contributed by atoms with van der Waals surface area (Å²) in [7, 11) is 0. The van der Waals surface area contributed by atoms with Gasteiger partial charge in [-0.1, -0.05) is 36.4 Å². The second kappa shape index (κ2) is 5.40. The molecule has 1 N–H and O–H groups in total. The fourth-order valence-corrected chi connectivity index (χ4v) is 2.39. The summed E-state index contributed by atoms with van der Waals surface area (Å²) in [5.41, 5.74) is 4.02. The number of para-hydroxylation sites is 2. The topological polar surface area (TPSA) is 55.1 Å². The summed E-state index contributed by atoms with van der Waals surface area (Å²) in [6, 6.07) is 15.7. The number of aliphatic carboxylic acids is 1. The van der Waals surface area contributed by atoms with Crippen LogP contribution in [0.4, 0.5) is 0 Å². The third kappa shape index (κ3) is 2.65. The summed E-state index contributed by atoms with van der Waals surface area (Å²) < 4.78 is 2.09. The van der Waals surface area contributed by atoms with Crippen LogP contribution in [0, 0.1) is 0 Å². The van der Waals surface area contributed by atoms with E-state index in [4.69, 9.17) is 5.11 Å². The van der Waals surface area contributed by atoms with Crippen LogP contribution in [0.25, 0.3) is 11.0 Å². The van der Waals surface area contributed by atoms with Crippen LogP contribution in [0.15, 0.2) is 54.9 Å². The zero-order valence-electron chi connectivity index (χ0n) is 11.7. The van der Waals surface area contributed by atoms with Gasteiger partial charge in [-0.2, -0.15) is 0 Å². The number of aromatic nitrogens is 2. The van der Waals surface area contributed by atoms with Gasteiger partial charge in [0, 0.05) is 6.54 Å². The molecule has 2 aromatic carbocycles. The molecule has 1 aromatic heterocycles. The molecule has 0 saturated carbocycles. The molecule has 4 nitrogen and oxygen atoms in total. The number of rotatable bonds is 4. The molecule has 0 saturated heterocycles. The third-order valence-corrected chi connectivity index (χ3v) is 3.73. The maximum Gasteiger partial charge on any atom is 0.310 e. The van der Waals surface area contributed by atoms with E-state index in [-0.39, 0.29) is 0 Å². The zero-order chi connectivity index (χ0) is 14.8. The lowest BCUT2D eigenvalue weighted by Gasteiger charge is -2.09. The summed E-state index contributed by atoms with van der Waals surface area (Å²) in [6.45, 7) is 2.42. The molecule has 0 aliphatic heterocycles. The molecule has 0 aliphatic carbocycles. The first-order chi connectivity index (χ1) is 10.1. The van der Waals surface area contributed by atoms with Gasteiger partial charge in [0.05, 0.1) is 23.3 Å². The monoisotopic (exact) mass is 280 g/mol. The molecule has 0 spiro atoms. The lowest BCUT2D eigenvalue weighted by molar-refractivity contribution is -0.138. The van der Waals surface area contributed by atoms with Crippen LogP contribution in [0.3, 0.4) is 0 Å². The minimum Gasteiger partial charge on any atom is -0.481 e. The first-order valence-electron chi connectivity index (χ1n) is 6.86. The molecule has 4 heteroatoms. The molecule has 1 unspecified atom stereocenters. The SMILES string of the molecule is CC(C(=O)O)c1ccc(Cn2cnc3ccccc32)cc1. The Hall–Kier alpha value is -2.62. The highest BCUT2D eigenvalue weighted by molar-refractivity contribution is 5.76. The Morgan fingerprint density at radius 3 is 2.62 bits per heavy atom. The van der Waals surface area contributed by atoms with E-state index in [1.54, 1.807) is 6.92 Å². The average molecular weight is 280 g/mol. The van der Waals surface area contributed by atoms with E-state index in [1.807, 2.05) is 54.9 Å². The fraction of sp³-hybridized carbons (Fsp3) is 0.176. The van der Waals surface area contributed by atoms with Gasteiger partial charge in [0.1, 0.15) is 0 Å². The quantitative estimate of drug-likeness (QED) is 0.798. The number of carbonyl (C=O) groups is 1. The molecule has 0 bridgehead atoms. The zero-order valence-corrected chi connectivity index (χ0v) is 11.7. The minimum atomic E-state index is -0.802. The van der Waals surface area contributed by atoms with Gasteiger partial charge in [0.25, 0.3) is 0 Å². The van der Waals surface area contributed by atoms with Crippen LogP contribution >= 0.6 is 0 Å². The van der Waals surface area contributed by atoms with Crippen molar-refractivity contribution in [2.45, 2.75) is 19.4 Å². The lowest BCUT2D eigenvalue weighted by atomic mass is 10.00. The number of hydrogen-bond donors (Lipinski definition) is 1. The fourth-order valence-electron chi connectivity index (χ4n) is 2.39. The number of benzene rings is 2. The summed E-state index contributed by atoms with van der Waals surface area (Å²) in [5.74, 6) is -1.28. The van der Waals surface area contributed by atoms with Gasteiger partial charge in [-0.3, -0.25) is 4.79 Å². The van der Waals surface area contributed by atoms with Crippen molar-refractivity contribution in [1.82, 2.24) is 9.55 Å². The Kier molecular flexibility index (Phi) is 3.44. The highest BCUT2D eigenvalue weighted by atomic mass is 16.4. The summed E-state index contributed by atoms with van der Waals surface area (Å²) >= 11 is 0. The Morgan fingerprint density at radius 2 is 1.90 bits per heavy atom. The number of fused-ring (bicyclic) bond motifs is 1. The Bertz CT molecular complexity index is 775. The number of carboxylic acids is 1. The summed E-state index contributed by atoms with van der Waals surface area (Å²) in [5, 5.41) is 9.02. The minimum absolute atomic E-state index is 0.479. The third-order valence-electron chi connectivity index (χ3n) is 3.73. The van der Waals surface area contributed by atoms with Gasteiger partial charge in [0.15, 0.2) is 0 Å². The van der Waals surface area contributed by atoms with Gasteiger partial charge >= 0.3 is 5.97 Å². The molecule has 3 rings (SSSR count). The highest BCUT2D eigenvalue weighted by Gasteiger charge is 2.13. The van der Waals surface area contributed by atoms with E-state index in [0.29, 0.717) is 0 Å². The van der Waals surface area contributed by atoms with Gasteiger partial charge in [0.2, 0.25) is 0 Å². The molecular weight excluding hydrogens is 264 g/mol. The van der Waals surface area contributed by atoms with E-state index in [1.165, 1.54) is 0 Å². The maximum absolute atomic E-state index is 11.0. The van der Waals surface area contributed by atoms with E-state index in [0.717, 1.165) is 28.7 Å². The van der Waals surface area contributed by atoms with Gasteiger partial charge in [-0.15, -0.1) is 0 Å². The number of nitrogens with zero attached hydrogens (tertiary/aromatic N) is 2. The van der Waals surface area contributed by atoms with Gasteiger partial charge in [-0.05, 0) is 30.2 Å². The van der Waals surface area contributed by atoms with Crippen LogP contribution in [-0.4, -0.2) is 20.6 Å². The molecule has 106 valence electrons. The molecule has 0 aliphatic rings. The molecule has 1 atom stereocenters. The van der Waals surface area contributed by atoms with E-state index < -0.39 is 11.9 Å². The Morgan fingerprint density at radius 1 is 1.19 bits per heavy atom. The lowest BCUT2D eigenvalue weighted by Crippen LogP contribution is -2.07. The smallest absolute Gasteiger partial charge is 0.310 e. The van der Waals surface area contributed by atoms with E-state index in [9.17, 15) is 4.79 Å². The molecule has 3 aromatic rings. The van der Waals surface area contributed by atoms with Gasteiger partial charge in [-0.25, -0.2) is 4.98 Å². The Balaban J connectivity index is 1.84. The molecule has 0 fully saturated rings. The van der Waals surface area contributed by atoms with E-state index in [2.05, 4.69) is 9.55 Å². The summed E-state index contributed by atoms with van der Waals surface area (Å²) in [6.07, 6.45) is 1.83. The van der Waals surface area contributed by atoms with Crippen molar-refractivity contribution in [2.24, 2.45) is 0 Å². The molecule has 1 heterocycles. The standard InChI is InChI=1S/C17H16N2O2/c1-12(17(20)21)14-8-6-13(7-9-14)10-19-11-18-15-4-2-3-5-16(15)19/h2-9,11-12H,10H2,1H3,(H,20,21). The first-order valence-corrected chi connectivity index (χ1v) is 6.86. The number of hydrogen-bond acceptors (Lipinski definition) is 2. The van der Waals surface area contributed by atoms with Crippen LogP contribution in [0.5, 0.6) is 0 Å². The van der Waals surface area contributed by atoms with Gasteiger partial charge < -0.3 is 9.67 Å². The van der Waals surface area contributed by atoms with Crippen molar-refractivity contribution in [3.05, 3.63) is 66.0 Å². The summed E-state index contributed by atoms with van der Waals surface area (Å²) in [4.78, 5) is 15.3. The number of carboxylic acid groups (broad SMARTS) is 1. The van der Waals surface area contributed by atoms with Crippen molar-refractivity contribution in [3.8, 4) is 0 Å². The van der Waals surface area contributed by atoms with Crippen LogP contribution in [0.2, 0.25) is 0 Å². The van der Waals surface area contributed by atoms with Crippen molar-refractivity contribution in [1.29, 1.82) is 0 Å². The number of imidazole rings is 1. The average Bonchev–Trinajstić information content (AvgIpc) is 2.91. The second-order valence-corrected chi connectivity index (χ2v) is 5.16. The van der Waals surface area contributed by atoms with Crippen LogP contribution in [0.1, 0.15) is 24.0 Å². The molecular formula is C17H16N2O2. The predicted octanol–water partition coefficient (Wildman–Crippen LogP) is 3.27. The molecule has 0 amide bonds. The van der Waals surface area contributed by atoms with Crippen molar-refractivity contribution in [2.75, 3.05) is 0 Å². The van der Waals surface area contributed by atoms with Crippen LogP contribution in [-0.2, 0) is 11.3 Å². The normalized spacial score (nSPS) is 12.4. The predicted molar refractivity (Wildman–Crippen MR) is 81.3 cm³/mol. The highest BCUT2D eigenvalue weighted by Crippen LogP contribution is 2.18. The Labute approximate surface area is 122 Å². The molecule has 21 heavy (non-hydrogen) atoms. The van der Waals surface area contributed by atoms with E-state index >= 15 is 0 Å². The largest absolute Gasteiger partial charge is 0.481 e. The second-order valence-electron chi connectivity index (χ2n) is 5.16. The maximum atomic E-state index is 11.0.